The van der Waals surface area contributed by atoms with E-state index in [1.165, 1.54) is 7.11 Å². The van der Waals surface area contributed by atoms with Crippen LogP contribution < -0.4 is 0 Å². The number of methoxy groups -OCH3 is 1. The van der Waals surface area contributed by atoms with Gasteiger partial charge in [-0.05, 0) is 23.8 Å². The maximum Gasteiger partial charge on any atom is 0.354 e. The summed E-state index contributed by atoms with van der Waals surface area (Å²) in [6.07, 6.45) is 3.90. The molecule has 0 saturated heterocycles. The Bertz CT molecular complexity index is 526. The molecule has 0 aliphatic rings. The van der Waals surface area contributed by atoms with Crippen molar-refractivity contribution in [1.82, 2.24) is 4.98 Å². The first kappa shape index (κ1) is 11.2. The van der Waals surface area contributed by atoms with E-state index in [-0.39, 0.29) is 5.97 Å². The molecule has 0 unspecified atom stereocenters. The number of aromatic amines is 1. The fraction of sp³-hybridized carbons (Fsp3) is 0.0714. The van der Waals surface area contributed by atoms with Gasteiger partial charge in [-0.25, -0.2) is 4.79 Å². The maximum absolute atomic E-state index is 11.2. The molecule has 1 N–H and O–H groups in total. The molecule has 0 fully saturated rings. The van der Waals surface area contributed by atoms with Gasteiger partial charge in [0, 0.05) is 5.69 Å². The number of esters is 1. The highest BCUT2D eigenvalue weighted by atomic mass is 16.5. The first-order chi connectivity index (χ1) is 8.29. The molecule has 0 spiro atoms. The summed E-state index contributed by atoms with van der Waals surface area (Å²) in [5.74, 6) is -0.357. The lowest BCUT2D eigenvalue weighted by Crippen LogP contribution is -2.00. The number of hydrogen-bond donors (Lipinski definition) is 1. The number of rotatable bonds is 3. The minimum atomic E-state index is -0.357. The largest absolute Gasteiger partial charge is 0.464 e. The van der Waals surface area contributed by atoms with Gasteiger partial charge in [0.15, 0.2) is 0 Å². The van der Waals surface area contributed by atoms with Crippen molar-refractivity contribution in [2.45, 2.75) is 0 Å². The van der Waals surface area contributed by atoms with Gasteiger partial charge >= 0.3 is 5.97 Å². The van der Waals surface area contributed by atoms with Crippen LogP contribution in [0.1, 0.15) is 21.7 Å². The molecule has 3 heteroatoms. The zero-order valence-corrected chi connectivity index (χ0v) is 9.51. The topological polar surface area (TPSA) is 42.1 Å². The second-order valence-electron chi connectivity index (χ2n) is 3.56. The lowest BCUT2D eigenvalue weighted by atomic mass is 10.2. The average Bonchev–Trinajstić information content (AvgIpc) is 2.85. The average molecular weight is 227 g/mol. The standard InChI is InChI=1S/C14H13NO2/c1-17-14(16)13-10-9-12(15-13)8-7-11-5-3-2-4-6-11/h2-10,15H,1H3/b8-7+. The van der Waals surface area contributed by atoms with E-state index in [0.717, 1.165) is 11.3 Å². The lowest BCUT2D eigenvalue weighted by molar-refractivity contribution is 0.0595. The highest BCUT2D eigenvalue weighted by Crippen LogP contribution is 2.08. The summed E-state index contributed by atoms with van der Waals surface area (Å²) in [7, 11) is 1.36. The molecule has 3 nitrogen and oxygen atoms in total. The minimum Gasteiger partial charge on any atom is -0.464 e. The molecule has 0 radical (unpaired) electrons. The summed E-state index contributed by atoms with van der Waals surface area (Å²) >= 11 is 0. The van der Waals surface area contributed by atoms with Crippen molar-refractivity contribution < 1.29 is 9.53 Å². The van der Waals surface area contributed by atoms with E-state index in [9.17, 15) is 4.79 Å². The molecule has 0 saturated carbocycles. The van der Waals surface area contributed by atoms with Gasteiger partial charge in [-0.15, -0.1) is 0 Å². The van der Waals surface area contributed by atoms with Crippen LogP contribution in [0.15, 0.2) is 42.5 Å². The van der Waals surface area contributed by atoms with Crippen molar-refractivity contribution in [3.63, 3.8) is 0 Å². The number of carbonyl (C=O) groups is 1. The first-order valence-electron chi connectivity index (χ1n) is 5.30. The summed E-state index contributed by atoms with van der Waals surface area (Å²) in [6.45, 7) is 0. The predicted octanol–water partition coefficient (Wildman–Crippen LogP) is 2.97. The van der Waals surface area contributed by atoms with Crippen LogP contribution in [-0.2, 0) is 4.74 Å². The van der Waals surface area contributed by atoms with Crippen molar-refractivity contribution in [2.24, 2.45) is 0 Å². The van der Waals surface area contributed by atoms with Crippen LogP contribution in [0.5, 0.6) is 0 Å². The third-order valence-corrected chi connectivity index (χ3v) is 2.37. The summed E-state index contributed by atoms with van der Waals surface area (Å²) in [5.41, 5.74) is 2.44. The van der Waals surface area contributed by atoms with Crippen LogP contribution >= 0.6 is 0 Å². The molecule has 2 aromatic rings. The van der Waals surface area contributed by atoms with Crippen molar-refractivity contribution in [1.29, 1.82) is 0 Å². The molecule has 0 atom stereocenters. The quantitative estimate of drug-likeness (QED) is 0.819. The van der Waals surface area contributed by atoms with E-state index < -0.39 is 0 Å². The number of carbonyl (C=O) groups excluding carboxylic acids is 1. The van der Waals surface area contributed by atoms with E-state index in [1.807, 2.05) is 48.6 Å². The number of H-pyrrole nitrogens is 1. The van der Waals surface area contributed by atoms with Gasteiger partial charge in [0.1, 0.15) is 5.69 Å². The molecular formula is C14H13NO2. The molecule has 17 heavy (non-hydrogen) atoms. The zero-order chi connectivity index (χ0) is 12.1. The highest BCUT2D eigenvalue weighted by Gasteiger charge is 2.05. The molecule has 1 heterocycles. The molecule has 1 aromatic carbocycles. The number of ether oxygens (including phenoxy) is 1. The fourth-order valence-corrected chi connectivity index (χ4v) is 1.49. The highest BCUT2D eigenvalue weighted by molar-refractivity contribution is 5.88. The van der Waals surface area contributed by atoms with E-state index in [1.54, 1.807) is 6.07 Å². The number of aromatic nitrogens is 1. The Morgan fingerprint density at radius 3 is 2.59 bits per heavy atom. The first-order valence-corrected chi connectivity index (χ1v) is 5.30. The predicted molar refractivity (Wildman–Crippen MR) is 67.5 cm³/mol. The fourth-order valence-electron chi connectivity index (χ4n) is 1.49. The van der Waals surface area contributed by atoms with E-state index in [4.69, 9.17) is 0 Å². The van der Waals surface area contributed by atoms with Crippen molar-refractivity contribution >= 4 is 18.1 Å². The van der Waals surface area contributed by atoms with Crippen LogP contribution in [0.3, 0.4) is 0 Å². The Hall–Kier alpha value is -2.29. The van der Waals surface area contributed by atoms with Gasteiger partial charge in [0.25, 0.3) is 0 Å². The van der Waals surface area contributed by atoms with Crippen molar-refractivity contribution in [3.05, 3.63) is 59.4 Å². The van der Waals surface area contributed by atoms with Crippen LogP contribution in [0.4, 0.5) is 0 Å². The third kappa shape index (κ3) is 2.84. The molecule has 2 rings (SSSR count). The van der Waals surface area contributed by atoms with Gasteiger partial charge in [-0.3, -0.25) is 0 Å². The van der Waals surface area contributed by atoms with E-state index in [2.05, 4.69) is 9.72 Å². The normalized spacial score (nSPS) is 10.6. The minimum absolute atomic E-state index is 0.357. The molecule has 0 aliphatic heterocycles. The monoisotopic (exact) mass is 227 g/mol. The van der Waals surface area contributed by atoms with Gasteiger partial charge < -0.3 is 9.72 Å². The van der Waals surface area contributed by atoms with Gasteiger partial charge in [-0.1, -0.05) is 36.4 Å². The summed E-state index contributed by atoms with van der Waals surface area (Å²) in [4.78, 5) is 14.2. The summed E-state index contributed by atoms with van der Waals surface area (Å²) in [6, 6.07) is 13.5. The summed E-state index contributed by atoms with van der Waals surface area (Å²) < 4.78 is 4.62. The molecule has 0 amide bonds. The van der Waals surface area contributed by atoms with Gasteiger partial charge in [0.05, 0.1) is 7.11 Å². The van der Waals surface area contributed by atoms with Crippen LogP contribution in [0.2, 0.25) is 0 Å². The Labute approximate surface area is 99.7 Å². The maximum atomic E-state index is 11.2. The Morgan fingerprint density at radius 1 is 1.12 bits per heavy atom. The van der Waals surface area contributed by atoms with E-state index >= 15 is 0 Å². The van der Waals surface area contributed by atoms with Crippen LogP contribution in [0.25, 0.3) is 12.2 Å². The number of benzene rings is 1. The third-order valence-electron chi connectivity index (χ3n) is 2.37. The lowest BCUT2D eigenvalue weighted by Gasteiger charge is -1.93. The van der Waals surface area contributed by atoms with Crippen molar-refractivity contribution in [2.75, 3.05) is 7.11 Å². The molecule has 0 aliphatic carbocycles. The number of nitrogens with one attached hydrogen (secondary N) is 1. The van der Waals surface area contributed by atoms with Crippen LogP contribution in [0, 0.1) is 0 Å². The SMILES string of the molecule is COC(=O)c1ccc(/C=C/c2ccccc2)[nH]1. The van der Waals surface area contributed by atoms with Gasteiger partial charge in [-0.2, -0.15) is 0 Å². The van der Waals surface area contributed by atoms with Crippen molar-refractivity contribution in [3.8, 4) is 0 Å². The Kier molecular flexibility index (Phi) is 3.40. The van der Waals surface area contributed by atoms with Crippen LogP contribution in [-0.4, -0.2) is 18.1 Å². The molecular weight excluding hydrogens is 214 g/mol. The Morgan fingerprint density at radius 2 is 1.88 bits per heavy atom. The Balaban J connectivity index is 2.12. The van der Waals surface area contributed by atoms with Gasteiger partial charge in [0.2, 0.25) is 0 Å². The smallest absolute Gasteiger partial charge is 0.354 e. The summed E-state index contributed by atoms with van der Waals surface area (Å²) in [5, 5.41) is 0. The second-order valence-corrected chi connectivity index (χ2v) is 3.56. The van der Waals surface area contributed by atoms with E-state index in [0.29, 0.717) is 5.69 Å². The number of hydrogen-bond acceptors (Lipinski definition) is 2. The second kappa shape index (κ2) is 5.16. The zero-order valence-electron chi connectivity index (χ0n) is 9.51. The molecule has 0 bridgehead atoms. The molecule has 86 valence electrons. The molecule has 1 aromatic heterocycles.